The van der Waals surface area contributed by atoms with E-state index in [9.17, 15) is 22.8 Å². The molecule has 1 amide bonds. The average Bonchev–Trinajstić information content (AvgIpc) is 3.18. The normalized spacial score (nSPS) is 12.5. The molecule has 1 aromatic heterocycles. The Balaban J connectivity index is 1.33. The largest absolute Gasteiger partial charge is 0.486 e. The summed E-state index contributed by atoms with van der Waals surface area (Å²) in [6.07, 6.45) is 0. The molecule has 3 aromatic carbocycles. The van der Waals surface area contributed by atoms with Crippen LogP contribution in [0.25, 0.3) is 5.69 Å². The first-order chi connectivity index (χ1) is 20.5. The zero-order valence-electron chi connectivity index (χ0n) is 22.7. The molecule has 2 heterocycles. The van der Waals surface area contributed by atoms with Crippen LogP contribution < -0.4 is 25.1 Å². The number of hydrogen-bond donors (Lipinski definition) is 2. The van der Waals surface area contributed by atoms with Gasteiger partial charge in [-0.25, -0.2) is 17.9 Å². The third kappa shape index (κ3) is 6.19. The molecule has 0 fully saturated rings. The van der Waals surface area contributed by atoms with E-state index in [0.717, 1.165) is 12.1 Å². The van der Waals surface area contributed by atoms with Crippen LogP contribution in [0.15, 0.2) is 70.4 Å². The Morgan fingerprint density at radius 2 is 1.67 bits per heavy atom. The van der Waals surface area contributed by atoms with E-state index in [4.69, 9.17) is 37.4 Å². The Bertz CT molecular complexity index is 1910. The van der Waals surface area contributed by atoms with Crippen molar-refractivity contribution in [2.24, 2.45) is 7.05 Å². The van der Waals surface area contributed by atoms with Gasteiger partial charge in [0.05, 0.1) is 27.0 Å². The van der Waals surface area contributed by atoms with E-state index in [2.05, 4.69) is 10.0 Å². The molecule has 0 aliphatic carbocycles. The summed E-state index contributed by atoms with van der Waals surface area (Å²) in [5, 5.41) is 2.06. The number of rotatable bonds is 8. The summed E-state index contributed by atoms with van der Waals surface area (Å²) in [6.45, 7) is 1.66. The molecular weight excluding hydrogens is 623 g/mol. The zero-order chi connectivity index (χ0) is 30.9. The fourth-order valence-corrected chi connectivity index (χ4v) is 6.26. The molecule has 5 rings (SSSR count). The molecule has 12 nitrogen and oxygen atoms in total. The number of nitrogens with one attached hydrogen (secondary N) is 2. The van der Waals surface area contributed by atoms with Crippen LogP contribution in [0, 0.1) is 6.92 Å². The summed E-state index contributed by atoms with van der Waals surface area (Å²) < 4.78 is 47.9. The molecule has 1 aliphatic heterocycles. The topological polar surface area (TPSA) is 147 Å². The molecule has 224 valence electrons. The van der Waals surface area contributed by atoms with Gasteiger partial charge in [0, 0.05) is 18.8 Å². The number of amides is 1. The quantitative estimate of drug-likeness (QED) is 0.271. The van der Waals surface area contributed by atoms with E-state index < -0.39 is 39.0 Å². The maximum atomic E-state index is 13.4. The Morgan fingerprint density at radius 3 is 2.40 bits per heavy atom. The lowest BCUT2D eigenvalue weighted by atomic mass is 10.2. The molecule has 0 bridgehead atoms. The molecule has 1 aliphatic rings. The molecule has 0 saturated carbocycles. The van der Waals surface area contributed by atoms with Crippen molar-refractivity contribution in [3.8, 4) is 17.2 Å². The number of carbonyl (C=O) groups excluding carboxylic acids is 2. The maximum Gasteiger partial charge on any atom is 0.340 e. The van der Waals surface area contributed by atoms with Gasteiger partial charge in [0.25, 0.3) is 21.5 Å². The van der Waals surface area contributed by atoms with Crippen LogP contribution in [0.3, 0.4) is 0 Å². The van der Waals surface area contributed by atoms with Crippen LogP contribution >= 0.6 is 23.2 Å². The number of esters is 1. The molecule has 0 unspecified atom stereocenters. The van der Waals surface area contributed by atoms with Crippen LogP contribution in [-0.2, 0) is 26.6 Å². The standard InChI is InChI=1S/C28H24Cl2N4O8S/c1-16-26(27(36)34(33(16)2)18-6-4-3-5-7-18)32-43(38,39)24-13-19(20(29)14-21(24)30)28(37)42-15-25(35)31-17-8-9-22-23(12-17)41-11-10-40-22/h3-9,12-14,32H,10-11,15H2,1-2H3,(H,31,35). The fourth-order valence-electron chi connectivity index (χ4n) is 4.29. The number of nitrogens with zero attached hydrogens (tertiary/aromatic N) is 2. The van der Waals surface area contributed by atoms with Gasteiger partial charge in [0.15, 0.2) is 18.1 Å². The first-order valence-corrected chi connectivity index (χ1v) is 14.9. The second-order valence-electron chi connectivity index (χ2n) is 9.29. The van der Waals surface area contributed by atoms with Crippen LogP contribution in [-0.4, -0.2) is 49.5 Å². The van der Waals surface area contributed by atoms with Crippen molar-refractivity contribution in [1.82, 2.24) is 9.36 Å². The van der Waals surface area contributed by atoms with Gasteiger partial charge < -0.3 is 19.5 Å². The minimum absolute atomic E-state index is 0.205. The van der Waals surface area contributed by atoms with Gasteiger partial charge in [-0.3, -0.25) is 19.0 Å². The monoisotopic (exact) mass is 646 g/mol. The number of aromatic nitrogens is 2. The van der Waals surface area contributed by atoms with Crippen molar-refractivity contribution < 1.29 is 32.2 Å². The number of benzene rings is 3. The van der Waals surface area contributed by atoms with Crippen LogP contribution in [0.5, 0.6) is 11.5 Å². The van der Waals surface area contributed by atoms with Gasteiger partial charge in [-0.05, 0) is 43.3 Å². The lowest BCUT2D eigenvalue weighted by Crippen LogP contribution is -2.23. The number of para-hydroxylation sites is 1. The van der Waals surface area contributed by atoms with E-state index in [-0.39, 0.29) is 21.3 Å². The number of halogens is 2. The van der Waals surface area contributed by atoms with Gasteiger partial charge in [-0.1, -0.05) is 41.4 Å². The number of anilines is 2. The molecule has 2 N–H and O–H groups in total. The molecule has 0 saturated heterocycles. The second-order valence-corrected chi connectivity index (χ2v) is 11.8. The van der Waals surface area contributed by atoms with Crippen molar-refractivity contribution in [1.29, 1.82) is 0 Å². The number of carbonyl (C=O) groups is 2. The number of hydrogen-bond acceptors (Lipinski definition) is 8. The Hall–Kier alpha value is -4.46. The molecule has 4 aromatic rings. The second kappa shape index (κ2) is 12.0. The fraction of sp³-hybridized carbons (Fsp3) is 0.179. The predicted octanol–water partition coefficient (Wildman–Crippen LogP) is 4.16. The summed E-state index contributed by atoms with van der Waals surface area (Å²) in [7, 11) is -2.90. The summed E-state index contributed by atoms with van der Waals surface area (Å²) >= 11 is 12.4. The summed E-state index contributed by atoms with van der Waals surface area (Å²) in [5.41, 5.74) is 0.0463. The molecule has 0 spiro atoms. The minimum Gasteiger partial charge on any atom is -0.486 e. The number of ether oxygens (including phenoxy) is 3. The van der Waals surface area contributed by atoms with Gasteiger partial charge in [0.2, 0.25) is 0 Å². The van der Waals surface area contributed by atoms with Crippen molar-refractivity contribution in [2.45, 2.75) is 11.8 Å². The third-order valence-electron chi connectivity index (χ3n) is 6.48. The van der Waals surface area contributed by atoms with Gasteiger partial charge in [-0.15, -0.1) is 0 Å². The Kier molecular flexibility index (Phi) is 8.40. The molecule has 15 heteroatoms. The highest BCUT2D eigenvalue weighted by Crippen LogP contribution is 2.33. The first kappa shape index (κ1) is 30.0. The van der Waals surface area contributed by atoms with Crippen LogP contribution in [0.4, 0.5) is 11.4 Å². The highest BCUT2D eigenvalue weighted by atomic mass is 35.5. The van der Waals surface area contributed by atoms with Crippen LogP contribution in [0.1, 0.15) is 16.1 Å². The highest BCUT2D eigenvalue weighted by Gasteiger charge is 2.27. The van der Waals surface area contributed by atoms with E-state index in [1.807, 2.05) is 0 Å². The highest BCUT2D eigenvalue weighted by molar-refractivity contribution is 7.92. The number of sulfonamides is 1. The predicted molar refractivity (Wildman–Crippen MR) is 159 cm³/mol. The Labute approximate surface area is 255 Å². The van der Waals surface area contributed by atoms with Gasteiger partial charge in [-0.2, -0.15) is 0 Å². The minimum atomic E-state index is -4.50. The SMILES string of the molecule is Cc1c(NS(=O)(=O)c2cc(C(=O)OCC(=O)Nc3ccc4c(c3)OCCO4)c(Cl)cc2Cl)c(=O)n(-c2ccccc2)n1C. The summed E-state index contributed by atoms with van der Waals surface area (Å²) in [4.78, 5) is 38.0. The van der Waals surface area contributed by atoms with Gasteiger partial charge in [0.1, 0.15) is 23.8 Å². The first-order valence-electron chi connectivity index (χ1n) is 12.7. The zero-order valence-corrected chi connectivity index (χ0v) is 25.0. The van der Waals surface area contributed by atoms with Crippen LogP contribution in [0.2, 0.25) is 10.0 Å². The molecular formula is C28H24Cl2N4O8S. The molecule has 43 heavy (non-hydrogen) atoms. The lowest BCUT2D eigenvalue weighted by Gasteiger charge is -2.19. The lowest BCUT2D eigenvalue weighted by molar-refractivity contribution is -0.119. The van der Waals surface area contributed by atoms with Crippen molar-refractivity contribution in [3.05, 3.63) is 92.3 Å². The van der Waals surface area contributed by atoms with Gasteiger partial charge >= 0.3 is 5.97 Å². The molecule has 0 atom stereocenters. The van der Waals surface area contributed by atoms with Crippen molar-refractivity contribution in [3.63, 3.8) is 0 Å². The average molecular weight is 647 g/mol. The smallest absolute Gasteiger partial charge is 0.340 e. The Morgan fingerprint density at radius 1 is 0.977 bits per heavy atom. The molecule has 0 radical (unpaired) electrons. The summed E-state index contributed by atoms with van der Waals surface area (Å²) in [5.74, 6) is -0.741. The summed E-state index contributed by atoms with van der Waals surface area (Å²) in [6, 6.07) is 15.4. The van der Waals surface area contributed by atoms with E-state index in [1.165, 1.54) is 9.36 Å². The van der Waals surface area contributed by atoms with E-state index in [0.29, 0.717) is 41.8 Å². The van der Waals surface area contributed by atoms with Crippen molar-refractivity contribution in [2.75, 3.05) is 29.9 Å². The maximum absolute atomic E-state index is 13.4. The van der Waals surface area contributed by atoms with Crippen molar-refractivity contribution >= 4 is 56.5 Å². The third-order valence-corrected chi connectivity index (χ3v) is 8.61. The van der Waals surface area contributed by atoms with E-state index >= 15 is 0 Å². The number of fused-ring (bicyclic) bond motifs is 1. The van der Waals surface area contributed by atoms with E-state index in [1.54, 1.807) is 62.5 Å².